The summed E-state index contributed by atoms with van der Waals surface area (Å²) >= 11 is 0. The van der Waals surface area contributed by atoms with Gasteiger partial charge in [0.15, 0.2) is 0 Å². The predicted octanol–water partition coefficient (Wildman–Crippen LogP) is 2.30. The normalized spacial score (nSPS) is 16.9. The molecule has 0 radical (unpaired) electrons. The summed E-state index contributed by atoms with van der Waals surface area (Å²) < 4.78 is 0. The molecule has 94 valence electrons. The number of amides is 1. The molecule has 2 rings (SSSR count). The molecule has 0 atom stereocenters. The summed E-state index contributed by atoms with van der Waals surface area (Å²) in [4.78, 5) is 14.6. The Balaban J connectivity index is 1.69. The summed E-state index contributed by atoms with van der Waals surface area (Å²) in [6, 6.07) is 1.66. The van der Waals surface area contributed by atoms with Crippen molar-refractivity contribution < 1.29 is 4.79 Å². The second kappa shape index (κ2) is 5.75. The summed E-state index contributed by atoms with van der Waals surface area (Å²) in [5.74, 6) is 0.746. The molecule has 1 aliphatic carbocycles. The van der Waals surface area contributed by atoms with E-state index in [1.807, 2.05) is 0 Å². The van der Waals surface area contributed by atoms with Crippen LogP contribution in [0.15, 0.2) is 12.3 Å². The fourth-order valence-electron chi connectivity index (χ4n) is 2.50. The minimum Gasteiger partial charge on any atom is -0.397 e. The van der Waals surface area contributed by atoms with Gasteiger partial charge < -0.3 is 16.0 Å². The number of nitrogen functional groups attached to an aromatic ring is 1. The van der Waals surface area contributed by atoms with E-state index in [0.29, 0.717) is 11.4 Å². The van der Waals surface area contributed by atoms with Gasteiger partial charge in [0.2, 0.25) is 0 Å². The van der Waals surface area contributed by atoms with Gasteiger partial charge in [-0.1, -0.05) is 32.1 Å². The van der Waals surface area contributed by atoms with Gasteiger partial charge in [-0.25, -0.2) is 0 Å². The summed E-state index contributed by atoms with van der Waals surface area (Å²) in [5.41, 5.74) is 6.70. The maximum Gasteiger partial charge on any atom is 0.267 e. The van der Waals surface area contributed by atoms with Gasteiger partial charge in [-0.2, -0.15) is 0 Å². The number of aromatic nitrogens is 1. The molecule has 1 saturated carbocycles. The standard InChI is InChI=1S/C13H21N3O/c14-11-8-12(16-9-11)13(17)15-7-6-10-4-2-1-3-5-10/h8-10,16H,1-7,14H2,(H,15,17). The van der Waals surface area contributed by atoms with E-state index in [-0.39, 0.29) is 5.91 Å². The Morgan fingerprint density at radius 2 is 2.18 bits per heavy atom. The van der Waals surface area contributed by atoms with E-state index in [1.165, 1.54) is 32.1 Å². The Morgan fingerprint density at radius 1 is 1.41 bits per heavy atom. The van der Waals surface area contributed by atoms with Crippen LogP contribution in [-0.2, 0) is 0 Å². The van der Waals surface area contributed by atoms with Crippen LogP contribution in [0.2, 0.25) is 0 Å². The third kappa shape index (κ3) is 3.51. The van der Waals surface area contributed by atoms with Crippen LogP contribution in [0.3, 0.4) is 0 Å². The fourth-order valence-corrected chi connectivity index (χ4v) is 2.50. The SMILES string of the molecule is Nc1c[nH]c(C(=O)NCCC2CCCCC2)c1. The summed E-state index contributed by atoms with van der Waals surface area (Å²) in [6.07, 6.45) is 9.47. The first-order valence-corrected chi connectivity index (χ1v) is 6.48. The number of nitrogens with two attached hydrogens (primary N) is 1. The largest absolute Gasteiger partial charge is 0.397 e. The molecular weight excluding hydrogens is 214 g/mol. The first kappa shape index (κ1) is 12.0. The third-order valence-electron chi connectivity index (χ3n) is 3.51. The molecule has 0 aromatic carbocycles. The number of rotatable bonds is 4. The van der Waals surface area contributed by atoms with Crippen molar-refractivity contribution in [2.75, 3.05) is 12.3 Å². The summed E-state index contributed by atoms with van der Waals surface area (Å²) in [5, 5.41) is 2.93. The lowest BCUT2D eigenvalue weighted by Crippen LogP contribution is -2.26. The van der Waals surface area contributed by atoms with Gasteiger partial charge in [0, 0.05) is 18.4 Å². The lowest BCUT2D eigenvalue weighted by atomic mass is 9.87. The molecule has 0 bridgehead atoms. The zero-order chi connectivity index (χ0) is 12.1. The molecule has 17 heavy (non-hydrogen) atoms. The molecule has 0 spiro atoms. The fraction of sp³-hybridized carbons (Fsp3) is 0.615. The van der Waals surface area contributed by atoms with Crippen molar-refractivity contribution in [3.8, 4) is 0 Å². The van der Waals surface area contributed by atoms with Crippen molar-refractivity contribution >= 4 is 11.6 Å². The molecule has 1 aliphatic rings. The number of anilines is 1. The highest BCUT2D eigenvalue weighted by molar-refractivity contribution is 5.93. The highest BCUT2D eigenvalue weighted by Crippen LogP contribution is 2.25. The van der Waals surface area contributed by atoms with Gasteiger partial charge in [-0.05, 0) is 18.4 Å². The van der Waals surface area contributed by atoms with Crippen LogP contribution >= 0.6 is 0 Å². The quantitative estimate of drug-likeness (QED) is 0.749. The monoisotopic (exact) mass is 235 g/mol. The molecule has 1 fully saturated rings. The molecule has 4 N–H and O–H groups in total. The van der Waals surface area contributed by atoms with Gasteiger partial charge in [-0.15, -0.1) is 0 Å². The lowest BCUT2D eigenvalue weighted by Gasteiger charge is -2.21. The highest BCUT2D eigenvalue weighted by Gasteiger charge is 2.13. The molecule has 1 aromatic rings. The van der Waals surface area contributed by atoms with Gasteiger partial charge in [-0.3, -0.25) is 4.79 Å². The van der Waals surface area contributed by atoms with Crippen LogP contribution in [0.5, 0.6) is 0 Å². The van der Waals surface area contributed by atoms with Crippen LogP contribution in [0, 0.1) is 5.92 Å². The van der Waals surface area contributed by atoms with Gasteiger partial charge in [0.1, 0.15) is 5.69 Å². The Bertz CT molecular complexity index is 366. The lowest BCUT2D eigenvalue weighted by molar-refractivity contribution is 0.0946. The molecule has 0 aliphatic heterocycles. The third-order valence-corrected chi connectivity index (χ3v) is 3.51. The van der Waals surface area contributed by atoms with E-state index in [2.05, 4.69) is 10.3 Å². The molecule has 1 heterocycles. The number of nitrogens with one attached hydrogen (secondary N) is 2. The number of aromatic amines is 1. The zero-order valence-corrected chi connectivity index (χ0v) is 10.2. The van der Waals surface area contributed by atoms with Crippen molar-refractivity contribution in [3.63, 3.8) is 0 Å². The maximum atomic E-state index is 11.7. The average Bonchev–Trinajstić information content (AvgIpc) is 2.77. The number of carbonyl (C=O) groups excluding carboxylic acids is 1. The number of carbonyl (C=O) groups is 1. The number of H-pyrrole nitrogens is 1. The molecule has 1 aromatic heterocycles. The Morgan fingerprint density at radius 3 is 2.82 bits per heavy atom. The molecule has 0 saturated heterocycles. The Kier molecular flexibility index (Phi) is 4.07. The van der Waals surface area contributed by atoms with E-state index < -0.39 is 0 Å². The van der Waals surface area contributed by atoms with Crippen molar-refractivity contribution in [1.82, 2.24) is 10.3 Å². The van der Waals surface area contributed by atoms with Crippen molar-refractivity contribution in [3.05, 3.63) is 18.0 Å². The minimum absolute atomic E-state index is 0.0579. The topological polar surface area (TPSA) is 70.9 Å². The van der Waals surface area contributed by atoms with Crippen LogP contribution in [-0.4, -0.2) is 17.4 Å². The zero-order valence-electron chi connectivity index (χ0n) is 10.2. The van der Waals surface area contributed by atoms with E-state index in [9.17, 15) is 4.79 Å². The van der Waals surface area contributed by atoms with Crippen molar-refractivity contribution in [2.45, 2.75) is 38.5 Å². The average molecular weight is 235 g/mol. The first-order valence-electron chi connectivity index (χ1n) is 6.48. The number of hydrogen-bond acceptors (Lipinski definition) is 2. The summed E-state index contributed by atoms with van der Waals surface area (Å²) in [6.45, 7) is 0.766. The molecule has 0 unspecified atom stereocenters. The Hall–Kier alpha value is -1.45. The summed E-state index contributed by atoms with van der Waals surface area (Å²) in [7, 11) is 0. The smallest absolute Gasteiger partial charge is 0.267 e. The van der Waals surface area contributed by atoms with Crippen LogP contribution in [0.1, 0.15) is 49.0 Å². The molecule has 4 heteroatoms. The van der Waals surface area contributed by atoms with E-state index >= 15 is 0 Å². The molecular formula is C13H21N3O. The van der Waals surface area contributed by atoms with E-state index in [4.69, 9.17) is 5.73 Å². The number of hydrogen-bond donors (Lipinski definition) is 3. The molecule has 1 amide bonds. The van der Waals surface area contributed by atoms with Gasteiger partial charge in [0.25, 0.3) is 5.91 Å². The Labute approximate surface area is 102 Å². The predicted molar refractivity (Wildman–Crippen MR) is 68.7 cm³/mol. The highest BCUT2D eigenvalue weighted by atomic mass is 16.1. The second-order valence-corrected chi connectivity index (χ2v) is 4.90. The first-order chi connectivity index (χ1) is 8.25. The van der Waals surface area contributed by atoms with E-state index in [1.54, 1.807) is 12.3 Å². The van der Waals surface area contributed by atoms with Crippen LogP contribution in [0.25, 0.3) is 0 Å². The van der Waals surface area contributed by atoms with Gasteiger partial charge >= 0.3 is 0 Å². The maximum absolute atomic E-state index is 11.7. The molecule has 4 nitrogen and oxygen atoms in total. The van der Waals surface area contributed by atoms with E-state index in [0.717, 1.165) is 18.9 Å². The second-order valence-electron chi connectivity index (χ2n) is 4.90. The minimum atomic E-state index is -0.0579. The van der Waals surface area contributed by atoms with Crippen molar-refractivity contribution in [1.29, 1.82) is 0 Å². The van der Waals surface area contributed by atoms with Gasteiger partial charge in [0.05, 0.1) is 0 Å². The van der Waals surface area contributed by atoms with Crippen LogP contribution < -0.4 is 11.1 Å². The van der Waals surface area contributed by atoms with Crippen molar-refractivity contribution in [2.24, 2.45) is 5.92 Å². The van der Waals surface area contributed by atoms with Crippen LogP contribution in [0.4, 0.5) is 5.69 Å².